The lowest BCUT2D eigenvalue weighted by Gasteiger charge is -2.34. The van der Waals surface area contributed by atoms with Gasteiger partial charge >= 0.3 is 0 Å². The van der Waals surface area contributed by atoms with Crippen LogP contribution in [0.1, 0.15) is 37.5 Å². The van der Waals surface area contributed by atoms with Crippen molar-refractivity contribution < 1.29 is 8.68 Å². The second-order valence-electron chi connectivity index (χ2n) is 15.0. The predicted octanol–water partition coefficient (Wildman–Crippen LogP) is 11.6. The zero-order valence-electron chi connectivity index (χ0n) is 34.1. The van der Waals surface area contributed by atoms with Gasteiger partial charge in [0.1, 0.15) is 11.5 Å². The molecular formula is C52H39N4+. The number of pyridine rings is 1. The number of hydrogen-bond donors (Lipinski definition) is 0. The fraction of sp³-hybridized carbons (Fsp3) is 0.0769. The number of rotatable bonds is 5. The van der Waals surface area contributed by atoms with E-state index in [9.17, 15) is 0 Å². The maximum Gasteiger partial charge on any atom is 0.249 e. The van der Waals surface area contributed by atoms with Gasteiger partial charge in [0.25, 0.3) is 0 Å². The molecule has 0 fully saturated rings. The summed E-state index contributed by atoms with van der Waals surface area (Å²) >= 11 is 0. The monoisotopic (exact) mass is 722 g/mol. The van der Waals surface area contributed by atoms with Gasteiger partial charge in [0.05, 0.1) is 27.5 Å². The molecule has 0 radical (unpaired) electrons. The van der Waals surface area contributed by atoms with E-state index in [1.54, 1.807) is 6.33 Å². The molecule has 7 aromatic carbocycles. The van der Waals surface area contributed by atoms with Crippen molar-refractivity contribution in [2.24, 2.45) is 6.98 Å². The standard InChI is InChI=1S/C52H39N4/c1-34-14-12-15-35(2)51(34)36-28-29-53-50(30-36)56-46-23-9-6-20-42(46)43-27-26-38(32-49(43)56)52(44-21-7-4-18-40(44)41-19-5-8-22-45(41)52)37-16-13-17-39(31-37)55-33-54(3)47-24-10-11-25-48(47)55/h4-33H,1-3H3/q+1/i3D3. The summed E-state index contributed by atoms with van der Waals surface area (Å²) in [6, 6.07) is 60.2. The molecule has 3 aromatic heterocycles. The molecule has 11 rings (SSSR count). The summed E-state index contributed by atoms with van der Waals surface area (Å²) in [4.78, 5) is 5.05. The second kappa shape index (κ2) is 12.2. The Kier molecular flexibility index (Phi) is 6.41. The minimum Gasteiger partial charge on any atom is -0.294 e. The summed E-state index contributed by atoms with van der Waals surface area (Å²) < 4.78 is 30.8. The lowest BCUT2D eigenvalue weighted by molar-refractivity contribution is -0.645. The van der Waals surface area contributed by atoms with Crippen LogP contribution in [0.5, 0.6) is 0 Å². The van der Waals surface area contributed by atoms with Crippen LogP contribution in [0, 0.1) is 13.8 Å². The van der Waals surface area contributed by atoms with Crippen LogP contribution in [0.2, 0.25) is 0 Å². The predicted molar refractivity (Wildman–Crippen MR) is 229 cm³/mol. The Balaban J connectivity index is 1.20. The summed E-state index contributed by atoms with van der Waals surface area (Å²) in [5, 5.41) is 2.32. The zero-order valence-corrected chi connectivity index (χ0v) is 31.1. The Bertz CT molecular complexity index is 3250. The van der Waals surface area contributed by atoms with Crippen LogP contribution >= 0.6 is 0 Å². The van der Waals surface area contributed by atoms with E-state index in [1.807, 2.05) is 35.0 Å². The minimum atomic E-state index is -2.34. The average Bonchev–Trinajstić information content (AvgIpc) is 3.91. The number of fused-ring (bicyclic) bond motifs is 7. The van der Waals surface area contributed by atoms with E-state index in [1.165, 1.54) is 48.9 Å². The molecule has 0 spiro atoms. The first-order valence-corrected chi connectivity index (χ1v) is 19.1. The van der Waals surface area contributed by atoms with Crippen molar-refractivity contribution in [1.29, 1.82) is 0 Å². The topological polar surface area (TPSA) is 26.6 Å². The van der Waals surface area contributed by atoms with Crippen molar-refractivity contribution >= 4 is 32.8 Å². The van der Waals surface area contributed by atoms with E-state index < -0.39 is 12.4 Å². The van der Waals surface area contributed by atoms with Crippen molar-refractivity contribution in [3.63, 3.8) is 0 Å². The molecule has 0 bridgehead atoms. The van der Waals surface area contributed by atoms with Crippen molar-refractivity contribution in [3.05, 3.63) is 216 Å². The van der Waals surface area contributed by atoms with E-state index in [4.69, 9.17) is 9.10 Å². The quantitative estimate of drug-likeness (QED) is 0.163. The highest BCUT2D eigenvalue weighted by Crippen LogP contribution is 2.56. The van der Waals surface area contributed by atoms with Gasteiger partial charge in [-0.1, -0.05) is 121 Å². The first-order valence-electron chi connectivity index (χ1n) is 20.6. The number of hydrogen-bond acceptors (Lipinski definition) is 1. The normalized spacial score (nSPS) is 14.1. The van der Waals surface area contributed by atoms with Crippen LogP contribution in [-0.2, 0) is 12.4 Å². The van der Waals surface area contributed by atoms with E-state index >= 15 is 0 Å². The highest BCUT2D eigenvalue weighted by atomic mass is 15.1. The Morgan fingerprint density at radius 2 is 1.23 bits per heavy atom. The first-order chi connectivity index (χ1) is 28.7. The van der Waals surface area contributed by atoms with Crippen LogP contribution in [0.3, 0.4) is 0 Å². The molecule has 0 atom stereocenters. The number of aromatic nitrogens is 4. The molecular weight excluding hydrogens is 681 g/mol. The van der Waals surface area contributed by atoms with Gasteiger partial charge in [-0.3, -0.25) is 4.57 Å². The highest BCUT2D eigenvalue weighted by Gasteiger charge is 2.46. The minimum absolute atomic E-state index is 0.651. The van der Waals surface area contributed by atoms with Gasteiger partial charge in [0, 0.05) is 17.0 Å². The molecule has 56 heavy (non-hydrogen) atoms. The van der Waals surface area contributed by atoms with Gasteiger partial charge < -0.3 is 0 Å². The largest absolute Gasteiger partial charge is 0.294 e. The maximum atomic E-state index is 8.35. The summed E-state index contributed by atoms with van der Waals surface area (Å²) in [5.74, 6) is 0.860. The van der Waals surface area contributed by atoms with Gasteiger partial charge in [0.2, 0.25) is 6.33 Å². The number of imidazole rings is 1. The number of benzene rings is 7. The molecule has 0 N–H and O–H groups in total. The number of para-hydroxylation sites is 3. The molecule has 4 heteroatoms. The molecule has 1 aliphatic rings. The van der Waals surface area contributed by atoms with Crippen molar-refractivity contribution in [2.75, 3.05) is 0 Å². The summed E-state index contributed by atoms with van der Waals surface area (Å²) in [6.07, 6.45) is 3.64. The lowest BCUT2D eigenvalue weighted by Crippen LogP contribution is -2.29. The third-order valence-electron chi connectivity index (χ3n) is 12.0. The zero-order chi connectivity index (χ0) is 40.0. The molecule has 0 aliphatic heterocycles. The molecule has 266 valence electrons. The average molecular weight is 723 g/mol. The van der Waals surface area contributed by atoms with Gasteiger partial charge in [-0.05, 0) is 118 Å². The molecule has 10 aromatic rings. The molecule has 1 aliphatic carbocycles. The Morgan fingerprint density at radius 3 is 2.02 bits per heavy atom. The van der Waals surface area contributed by atoms with E-state index in [0.29, 0.717) is 5.52 Å². The van der Waals surface area contributed by atoms with Gasteiger partial charge in [-0.25, -0.2) is 9.55 Å². The fourth-order valence-corrected chi connectivity index (χ4v) is 9.65. The maximum absolute atomic E-state index is 8.35. The van der Waals surface area contributed by atoms with Crippen molar-refractivity contribution in [3.8, 4) is 33.8 Å². The van der Waals surface area contributed by atoms with Gasteiger partial charge in [-0.2, -0.15) is 4.57 Å². The van der Waals surface area contributed by atoms with Gasteiger partial charge in [0.15, 0.2) is 11.0 Å². The van der Waals surface area contributed by atoms with E-state index in [0.717, 1.165) is 50.1 Å². The Labute approximate surface area is 330 Å². The highest BCUT2D eigenvalue weighted by molar-refractivity contribution is 6.09. The lowest BCUT2D eigenvalue weighted by atomic mass is 9.67. The molecule has 0 saturated heterocycles. The third kappa shape index (κ3) is 4.53. The van der Waals surface area contributed by atoms with Crippen LogP contribution in [0.15, 0.2) is 182 Å². The van der Waals surface area contributed by atoms with Gasteiger partial charge in [-0.15, -0.1) is 0 Å². The number of nitrogens with zero attached hydrogens (tertiary/aromatic N) is 4. The fourth-order valence-electron chi connectivity index (χ4n) is 9.65. The van der Waals surface area contributed by atoms with Crippen molar-refractivity contribution in [2.45, 2.75) is 19.3 Å². The Hall–Kier alpha value is -7.04. The molecule has 0 amide bonds. The third-order valence-corrected chi connectivity index (χ3v) is 12.0. The molecule has 0 saturated carbocycles. The molecule has 3 heterocycles. The van der Waals surface area contributed by atoms with Crippen LogP contribution in [0.4, 0.5) is 0 Å². The molecule has 0 unspecified atom stereocenters. The summed E-state index contributed by atoms with van der Waals surface area (Å²) in [6.45, 7) is 2.00. The number of aryl methyl sites for hydroxylation is 3. The SMILES string of the molecule is [2H]C([2H])([2H])[n+]1cn(-c2cccc(C3(c4ccc5c6ccccc6n(-c6cc(-c7c(C)cccc7C)ccn6)c5c4)c4ccccc4-c4ccccc43)c2)c2ccccc21. The van der Waals surface area contributed by atoms with Crippen LogP contribution < -0.4 is 4.57 Å². The Morgan fingerprint density at radius 1 is 0.571 bits per heavy atom. The summed E-state index contributed by atoms with van der Waals surface area (Å²) in [7, 11) is 0. The molecule has 4 nitrogen and oxygen atoms in total. The van der Waals surface area contributed by atoms with Crippen molar-refractivity contribution in [1.82, 2.24) is 14.1 Å². The summed E-state index contributed by atoms with van der Waals surface area (Å²) in [5.41, 5.74) is 15.6. The smallest absolute Gasteiger partial charge is 0.249 e. The first kappa shape index (κ1) is 29.3. The van der Waals surface area contributed by atoms with Crippen LogP contribution in [-0.4, -0.2) is 14.1 Å². The second-order valence-corrected chi connectivity index (χ2v) is 15.0. The van der Waals surface area contributed by atoms with E-state index in [2.05, 4.69) is 164 Å². The van der Waals surface area contributed by atoms with E-state index in [-0.39, 0.29) is 0 Å². The van der Waals surface area contributed by atoms with Crippen LogP contribution in [0.25, 0.3) is 66.6 Å².